The number of fused-ring (bicyclic) bond motifs is 1. The van der Waals surface area contributed by atoms with E-state index >= 15 is 0 Å². The van der Waals surface area contributed by atoms with E-state index in [2.05, 4.69) is 46.6 Å². The summed E-state index contributed by atoms with van der Waals surface area (Å²) >= 11 is 0. The number of alkyl carbamates (subject to hydrolysis) is 1. The minimum Gasteiger partial charge on any atom is -0.445 e. The van der Waals surface area contributed by atoms with E-state index < -0.39 is 11.7 Å². The first-order valence-electron chi connectivity index (χ1n) is 17.4. The third-order valence-corrected chi connectivity index (χ3v) is 8.55. The summed E-state index contributed by atoms with van der Waals surface area (Å²) in [5.41, 5.74) is 7.08. The van der Waals surface area contributed by atoms with Gasteiger partial charge in [0.1, 0.15) is 18.0 Å². The molecule has 1 N–H and O–H groups in total. The Bertz CT molecular complexity index is 1930. The zero-order chi connectivity index (χ0) is 35.8. The second-order valence-electron chi connectivity index (χ2n) is 13.6. The Morgan fingerprint density at radius 1 is 0.824 bits per heavy atom. The molecular formula is C40H46N6O5. The van der Waals surface area contributed by atoms with E-state index in [0.29, 0.717) is 52.4 Å². The predicted octanol–water partition coefficient (Wildman–Crippen LogP) is 6.91. The van der Waals surface area contributed by atoms with Crippen molar-refractivity contribution >= 4 is 23.7 Å². The van der Waals surface area contributed by atoms with E-state index in [1.807, 2.05) is 86.8 Å². The van der Waals surface area contributed by atoms with Gasteiger partial charge in [0.15, 0.2) is 5.65 Å². The van der Waals surface area contributed by atoms with Crippen LogP contribution in [0.15, 0.2) is 91.0 Å². The number of carbonyl (C=O) groups is 2. The Labute approximate surface area is 299 Å². The van der Waals surface area contributed by atoms with Crippen molar-refractivity contribution in [1.82, 2.24) is 24.8 Å². The predicted molar refractivity (Wildman–Crippen MR) is 198 cm³/mol. The summed E-state index contributed by atoms with van der Waals surface area (Å²) in [6.45, 7) is 11.3. The van der Waals surface area contributed by atoms with Crippen LogP contribution in [0.1, 0.15) is 37.6 Å². The first-order valence-corrected chi connectivity index (χ1v) is 17.4. The molecule has 1 fully saturated rings. The first kappa shape index (κ1) is 35.4. The molecule has 266 valence electrons. The highest BCUT2D eigenvalue weighted by Gasteiger charge is 2.26. The van der Waals surface area contributed by atoms with Crippen molar-refractivity contribution in [1.29, 1.82) is 0 Å². The molecule has 11 heteroatoms. The molecule has 51 heavy (non-hydrogen) atoms. The highest BCUT2D eigenvalue weighted by molar-refractivity contribution is 5.83. The smallest absolute Gasteiger partial charge is 0.410 e. The lowest BCUT2D eigenvalue weighted by atomic mass is 10.0. The number of hydrogen-bond acceptors (Lipinski definition) is 8. The SMILES string of the molecule is Cc1nn2c(N3CCN(C(=O)OCc4ccccc4)CC3)cc(-c3cccc(CCOCCNC(=O)OC(C)(C)C)c3)nc2c1-c1ccccc1. The zero-order valence-corrected chi connectivity index (χ0v) is 29.8. The van der Waals surface area contributed by atoms with E-state index in [9.17, 15) is 9.59 Å². The molecule has 3 heterocycles. The molecule has 2 aromatic heterocycles. The molecule has 1 saturated heterocycles. The summed E-state index contributed by atoms with van der Waals surface area (Å²) in [4.78, 5) is 34.0. The number of nitrogens with zero attached hydrogens (tertiary/aromatic N) is 5. The van der Waals surface area contributed by atoms with Crippen molar-refractivity contribution in [2.45, 2.75) is 46.3 Å². The molecule has 1 aliphatic heterocycles. The molecular weight excluding hydrogens is 644 g/mol. The maximum atomic E-state index is 12.9. The molecule has 2 amide bonds. The lowest BCUT2D eigenvalue weighted by Gasteiger charge is -2.35. The third-order valence-electron chi connectivity index (χ3n) is 8.55. The zero-order valence-electron chi connectivity index (χ0n) is 29.8. The molecule has 0 radical (unpaired) electrons. The molecule has 0 spiro atoms. The van der Waals surface area contributed by atoms with Crippen LogP contribution < -0.4 is 10.2 Å². The van der Waals surface area contributed by atoms with Crippen molar-refractivity contribution < 1.29 is 23.8 Å². The summed E-state index contributed by atoms with van der Waals surface area (Å²) in [6, 6.07) is 30.4. The fourth-order valence-electron chi connectivity index (χ4n) is 6.07. The number of nitrogens with one attached hydrogen (secondary N) is 1. The van der Waals surface area contributed by atoms with Gasteiger partial charge in [-0.2, -0.15) is 9.61 Å². The van der Waals surface area contributed by atoms with Crippen LogP contribution in [-0.4, -0.2) is 83.2 Å². The number of ether oxygens (including phenoxy) is 3. The van der Waals surface area contributed by atoms with Gasteiger partial charge in [-0.05, 0) is 56.9 Å². The number of anilines is 1. The highest BCUT2D eigenvalue weighted by atomic mass is 16.6. The summed E-state index contributed by atoms with van der Waals surface area (Å²) in [5.74, 6) is 0.920. The lowest BCUT2D eigenvalue weighted by molar-refractivity contribution is 0.0500. The van der Waals surface area contributed by atoms with Gasteiger partial charge in [0.2, 0.25) is 0 Å². The number of rotatable bonds is 11. The minimum atomic E-state index is -0.538. The number of benzene rings is 3. The normalized spacial score (nSPS) is 13.3. The van der Waals surface area contributed by atoms with Gasteiger partial charge in [-0.3, -0.25) is 0 Å². The number of carbonyl (C=O) groups excluding carboxylic acids is 2. The van der Waals surface area contributed by atoms with Gasteiger partial charge >= 0.3 is 12.2 Å². The van der Waals surface area contributed by atoms with E-state index in [1.165, 1.54) is 0 Å². The highest BCUT2D eigenvalue weighted by Crippen LogP contribution is 2.33. The van der Waals surface area contributed by atoms with Gasteiger partial charge in [0.05, 0.1) is 24.6 Å². The van der Waals surface area contributed by atoms with Gasteiger partial charge in [-0.25, -0.2) is 14.6 Å². The van der Waals surface area contributed by atoms with Crippen LogP contribution in [0, 0.1) is 6.92 Å². The number of aromatic nitrogens is 3. The Hall–Kier alpha value is -5.42. The maximum absolute atomic E-state index is 12.9. The van der Waals surface area contributed by atoms with Crippen molar-refractivity contribution in [2.75, 3.05) is 50.8 Å². The molecule has 5 aromatic rings. The van der Waals surface area contributed by atoms with Crippen molar-refractivity contribution in [3.63, 3.8) is 0 Å². The van der Waals surface area contributed by atoms with Crippen LogP contribution in [-0.2, 0) is 27.2 Å². The largest absolute Gasteiger partial charge is 0.445 e. The molecule has 6 rings (SSSR count). The van der Waals surface area contributed by atoms with Crippen LogP contribution >= 0.6 is 0 Å². The fraction of sp³-hybridized carbons (Fsp3) is 0.350. The minimum absolute atomic E-state index is 0.250. The van der Waals surface area contributed by atoms with E-state index in [4.69, 9.17) is 24.3 Å². The average Bonchev–Trinajstić information content (AvgIpc) is 3.47. The monoisotopic (exact) mass is 690 g/mol. The van der Waals surface area contributed by atoms with Gasteiger partial charge in [0.25, 0.3) is 0 Å². The Balaban J connectivity index is 1.18. The summed E-state index contributed by atoms with van der Waals surface area (Å²) < 4.78 is 18.6. The molecule has 0 bridgehead atoms. The fourth-order valence-corrected chi connectivity index (χ4v) is 6.07. The van der Waals surface area contributed by atoms with Crippen LogP contribution in [0.25, 0.3) is 28.0 Å². The molecule has 11 nitrogen and oxygen atoms in total. The first-order chi connectivity index (χ1) is 24.6. The van der Waals surface area contributed by atoms with Crippen molar-refractivity contribution in [2.24, 2.45) is 0 Å². The second-order valence-corrected chi connectivity index (χ2v) is 13.6. The molecule has 1 aliphatic rings. The Morgan fingerprint density at radius 2 is 1.51 bits per heavy atom. The van der Waals surface area contributed by atoms with Gasteiger partial charge in [-0.1, -0.05) is 78.9 Å². The van der Waals surface area contributed by atoms with Gasteiger partial charge in [0, 0.05) is 49.9 Å². The molecule has 3 aromatic carbocycles. The number of aryl methyl sites for hydroxylation is 1. The van der Waals surface area contributed by atoms with Crippen LogP contribution in [0.5, 0.6) is 0 Å². The topological polar surface area (TPSA) is 111 Å². The van der Waals surface area contributed by atoms with Crippen LogP contribution in [0.2, 0.25) is 0 Å². The van der Waals surface area contributed by atoms with Crippen LogP contribution in [0.3, 0.4) is 0 Å². The van der Waals surface area contributed by atoms with Gasteiger partial charge in [-0.15, -0.1) is 0 Å². The average molecular weight is 691 g/mol. The third kappa shape index (κ3) is 9.23. The summed E-state index contributed by atoms with van der Waals surface area (Å²) in [5, 5.41) is 7.71. The van der Waals surface area contributed by atoms with E-state index in [-0.39, 0.29) is 12.7 Å². The lowest BCUT2D eigenvalue weighted by Crippen LogP contribution is -2.49. The Morgan fingerprint density at radius 3 is 2.24 bits per heavy atom. The standard InChI is InChI=1S/C40H46N6O5/c1-29-36(32-15-9-6-10-16-32)37-42-34(33-17-11-14-30(26-33)18-24-49-25-19-41-38(47)51-40(2,3)4)27-35(46(37)43-29)44-20-22-45(23-21-44)39(48)50-28-31-12-7-5-8-13-31/h5-17,26-27H,18-25,28H2,1-4H3,(H,41,47). The number of amides is 2. The summed E-state index contributed by atoms with van der Waals surface area (Å²) in [6.07, 6.45) is -0.0474. The number of piperazine rings is 1. The molecule has 0 aliphatic carbocycles. The van der Waals surface area contributed by atoms with Crippen molar-refractivity contribution in [3.05, 3.63) is 108 Å². The van der Waals surface area contributed by atoms with E-state index in [0.717, 1.165) is 50.7 Å². The quantitative estimate of drug-likeness (QED) is 0.149. The Kier molecular flexibility index (Phi) is 11.2. The number of hydrogen-bond donors (Lipinski definition) is 1. The second kappa shape index (κ2) is 16.1. The molecule has 0 atom stereocenters. The van der Waals surface area contributed by atoms with E-state index in [1.54, 1.807) is 4.90 Å². The maximum Gasteiger partial charge on any atom is 0.410 e. The molecule has 0 unspecified atom stereocenters. The van der Waals surface area contributed by atoms with Crippen molar-refractivity contribution in [3.8, 4) is 22.4 Å². The van der Waals surface area contributed by atoms with Crippen LogP contribution in [0.4, 0.5) is 15.4 Å². The molecule has 0 saturated carbocycles. The summed E-state index contributed by atoms with van der Waals surface area (Å²) in [7, 11) is 0. The van der Waals surface area contributed by atoms with Gasteiger partial charge < -0.3 is 29.3 Å².